The highest BCUT2D eigenvalue weighted by atomic mass is 31.2. The number of esters is 2. The van der Waals surface area contributed by atoms with Crippen LogP contribution in [0.5, 0.6) is 0 Å². The van der Waals surface area contributed by atoms with Gasteiger partial charge in [-0.2, -0.15) is 0 Å². The summed E-state index contributed by atoms with van der Waals surface area (Å²) in [7, 11) is -4.38. The number of unbranched alkanes of at least 4 members (excludes halogenated alkanes) is 22. The first kappa shape index (κ1) is 52.2. The number of hydrogen-bond donors (Lipinski definition) is 2. The second-order valence-electron chi connectivity index (χ2n) is 14.6. The van der Waals surface area contributed by atoms with Gasteiger partial charge in [0.2, 0.25) is 0 Å². The molecule has 54 heavy (non-hydrogen) atoms. The van der Waals surface area contributed by atoms with Crippen molar-refractivity contribution in [2.75, 3.05) is 26.4 Å². The summed E-state index contributed by atoms with van der Waals surface area (Å²) in [5, 5.41) is 0. The predicted octanol–water partition coefficient (Wildman–Crippen LogP) is 12.6. The van der Waals surface area contributed by atoms with E-state index in [1.807, 2.05) is 0 Å². The number of ether oxygens (including phenoxy) is 2. The lowest BCUT2D eigenvalue weighted by Crippen LogP contribution is -2.29. The smallest absolute Gasteiger partial charge is 0.462 e. The summed E-state index contributed by atoms with van der Waals surface area (Å²) in [6, 6.07) is 0. The Morgan fingerprint density at radius 1 is 0.556 bits per heavy atom. The highest BCUT2D eigenvalue weighted by Crippen LogP contribution is 2.43. The normalized spacial score (nSPS) is 13.6. The zero-order valence-corrected chi connectivity index (χ0v) is 35.6. The van der Waals surface area contributed by atoms with Gasteiger partial charge in [0.05, 0.1) is 13.2 Å². The maximum absolute atomic E-state index is 12.6. The second-order valence-corrected chi connectivity index (χ2v) is 16.0. The predicted molar refractivity (Wildman–Crippen MR) is 224 cm³/mol. The van der Waals surface area contributed by atoms with Gasteiger partial charge < -0.3 is 20.1 Å². The van der Waals surface area contributed by atoms with E-state index in [2.05, 4.69) is 50.3 Å². The molecule has 0 aromatic heterocycles. The molecule has 0 bridgehead atoms. The maximum atomic E-state index is 12.6. The lowest BCUT2D eigenvalue weighted by Gasteiger charge is -2.19. The van der Waals surface area contributed by atoms with E-state index in [0.717, 1.165) is 70.6 Å². The van der Waals surface area contributed by atoms with Crippen molar-refractivity contribution in [3.63, 3.8) is 0 Å². The van der Waals surface area contributed by atoms with Gasteiger partial charge in [0.25, 0.3) is 0 Å². The largest absolute Gasteiger partial charge is 0.472 e. The van der Waals surface area contributed by atoms with E-state index >= 15 is 0 Å². The Bertz CT molecular complexity index is 986. The van der Waals surface area contributed by atoms with Gasteiger partial charge in [-0.3, -0.25) is 18.6 Å². The fraction of sp³-hybridized carbons (Fsp3) is 0.818. The average Bonchev–Trinajstić information content (AvgIpc) is 3.16. The van der Waals surface area contributed by atoms with Crippen LogP contribution in [-0.2, 0) is 32.7 Å². The molecule has 0 saturated heterocycles. The van der Waals surface area contributed by atoms with Crippen molar-refractivity contribution in [2.24, 2.45) is 5.73 Å². The van der Waals surface area contributed by atoms with E-state index in [1.165, 1.54) is 96.3 Å². The van der Waals surface area contributed by atoms with Gasteiger partial charge in [-0.1, -0.05) is 153 Å². The van der Waals surface area contributed by atoms with Crippen molar-refractivity contribution in [1.29, 1.82) is 0 Å². The number of phosphoric acid groups is 1. The lowest BCUT2D eigenvalue weighted by molar-refractivity contribution is -0.161. The molecule has 0 aliphatic carbocycles. The number of phosphoric ester groups is 1. The van der Waals surface area contributed by atoms with Crippen molar-refractivity contribution >= 4 is 19.8 Å². The van der Waals surface area contributed by atoms with E-state index in [0.29, 0.717) is 6.42 Å². The van der Waals surface area contributed by atoms with Gasteiger partial charge in [-0.25, -0.2) is 4.57 Å². The van der Waals surface area contributed by atoms with Gasteiger partial charge in [0.1, 0.15) is 6.61 Å². The highest BCUT2D eigenvalue weighted by Gasteiger charge is 2.26. The van der Waals surface area contributed by atoms with Crippen LogP contribution in [0.1, 0.15) is 200 Å². The second kappa shape index (κ2) is 40.9. The Kier molecular flexibility index (Phi) is 39.5. The van der Waals surface area contributed by atoms with Gasteiger partial charge in [0, 0.05) is 19.4 Å². The zero-order chi connectivity index (χ0) is 39.6. The van der Waals surface area contributed by atoms with Crippen molar-refractivity contribution < 1.29 is 37.6 Å². The van der Waals surface area contributed by atoms with Crippen molar-refractivity contribution in [1.82, 2.24) is 0 Å². The number of carbonyl (C=O) groups is 2. The van der Waals surface area contributed by atoms with Crippen molar-refractivity contribution in [2.45, 2.75) is 206 Å². The van der Waals surface area contributed by atoms with Crippen LogP contribution >= 0.6 is 7.82 Å². The van der Waals surface area contributed by atoms with Crippen LogP contribution in [0, 0.1) is 0 Å². The summed E-state index contributed by atoms with van der Waals surface area (Å²) >= 11 is 0. The van der Waals surface area contributed by atoms with Gasteiger partial charge >= 0.3 is 19.8 Å². The van der Waals surface area contributed by atoms with Gasteiger partial charge in [0.15, 0.2) is 6.10 Å². The summed E-state index contributed by atoms with van der Waals surface area (Å²) in [6.07, 6.45) is 44.5. The number of allylic oxidation sites excluding steroid dienone is 6. The standard InChI is InChI=1S/C44H82NO8P/c1-3-5-7-9-11-13-15-17-19-21-23-25-27-29-31-33-35-37-44(47)53-42(41-52-54(48,49)51-39-38-45)40-50-43(46)36-34-32-30-28-26-24-22-20-18-16-14-12-10-8-6-4-2/h11,13,17,19-20,22,42H,3-10,12,14-16,18,21,23-41,45H2,1-2H3,(H,48,49)/b13-11-,19-17-,22-20-. The first-order valence-corrected chi connectivity index (χ1v) is 23.5. The highest BCUT2D eigenvalue weighted by molar-refractivity contribution is 7.47. The first-order valence-electron chi connectivity index (χ1n) is 22.0. The molecule has 0 rings (SSSR count). The van der Waals surface area contributed by atoms with Crippen LogP contribution in [-0.4, -0.2) is 49.3 Å². The minimum atomic E-state index is -4.38. The maximum Gasteiger partial charge on any atom is 0.472 e. The molecule has 3 N–H and O–H groups in total. The molecular formula is C44H82NO8P. The Morgan fingerprint density at radius 3 is 1.46 bits per heavy atom. The van der Waals surface area contributed by atoms with Crippen molar-refractivity contribution in [3.8, 4) is 0 Å². The third-order valence-corrected chi connectivity index (χ3v) is 10.2. The molecule has 0 spiro atoms. The SMILES string of the molecule is CCCCC/C=C\C/C=C\CCCCCCCCCC(=O)OC(COC(=O)CCCCCCC/C=C\CCCCCCCCC)COP(=O)(O)OCCN. The number of nitrogens with two attached hydrogens (primary N) is 1. The van der Waals surface area contributed by atoms with Gasteiger partial charge in [-0.15, -0.1) is 0 Å². The minimum Gasteiger partial charge on any atom is -0.462 e. The number of hydrogen-bond acceptors (Lipinski definition) is 8. The molecule has 0 aliphatic rings. The van der Waals surface area contributed by atoms with E-state index < -0.39 is 32.5 Å². The Morgan fingerprint density at radius 2 is 0.963 bits per heavy atom. The fourth-order valence-electron chi connectivity index (χ4n) is 5.95. The van der Waals surface area contributed by atoms with Crippen molar-refractivity contribution in [3.05, 3.63) is 36.5 Å². The molecule has 0 radical (unpaired) electrons. The summed E-state index contributed by atoms with van der Waals surface area (Å²) in [5.41, 5.74) is 5.35. The van der Waals surface area contributed by atoms with Crippen LogP contribution in [0.2, 0.25) is 0 Å². The topological polar surface area (TPSA) is 134 Å². The van der Waals surface area contributed by atoms with Crippen LogP contribution in [0.3, 0.4) is 0 Å². The van der Waals surface area contributed by atoms with Gasteiger partial charge in [-0.05, 0) is 70.6 Å². The molecule has 316 valence electrons. The molecule has 0 aliphatic heterocycles. The molecule has 0 aromatic rings. The summed E-state index contributed by atoms with van der Waals surface area (Å²) in [5.74, 6) is -0.845. The van der Waals surface area contributed by atoms with E-state index in [1.54, 1.807) is 0 Å². The first-order chi connectivity index (χ1) is 26.3. The Hall–Kier alpha value is -1.77. The van der Waals surface area contributed by atoms with Crippen LogP contribution in [0.15, 0.2) is 36.5 Å². The fourth-order valence-corrected chi connectivity index (χ4v) is 6.72. The van der Waals surface area contributed by atoms with E-state index in [-0.39, 0.29) is 32.6 Å². The number of carbonyl (C=O) groups excluding carboxylic acids is 2. The van der Waals surface area contributed by atoms with Crippen LogP contribution < -0.4 is 5.73 Å². The molecule has 0 saturated carbocycles. The third kappa shape index (κ3) is 39.9. The molecule has 2 unspecified atom stereocenters. The quantitative estimate of drug-likeness (QED) is 0.0269. The summed E-state index contributed by atoms with van der Waals surface area (Å²) in [4.78, 5) is 34.9. The van der Waals surface area contributed by atoms with E-state index in [4.69, 9.17) is 24.3 Å². The molecule has 0 aromatic carbocycles. The summed E-state index contributed by atoms with van der Waals surface area (Å²) in [6.45, 7) is 3.69. The Balaban J connectivity index is 4.17. The average molecular weight is 784 g/mol. The lowest BCUT2D eigenvalue weighted by atomic mass is 10.1. The third-order valence-electron chi connectivity index (χ3n) is 9.25. The van der Waals surface area contributed by atoms with Crippen LogP contribution in [0.4, 0.5) is 0 Å². The van der Waals surface area contributed by atoms with Crippen LogP contribution in [0.25, 0.3) is 0 Å². The number of rotatable bonds is 41. The zero-order valence-electron chi connectivity index (χ0n) is 34.7. The summed E-state index contributed by atoms with van der Waals surface area (Å²) < 4.78 is 32.8. The minimum absolute atomic E-state index is 0.0506. The molecular weight excluding hydrogens is 701 g/mol. The molecule has 0 amide bonds. The Labute approximate surface area is 331 Å². The molecule has 0 fully saturated rings. The molecule has 10 heteroatoms. The monoisotopic (exact) mass is 784 g/mol. The molecule has 0 heterocycles. The molecule has 9 nitrogen and oxygen atoms in total. The van der Waals surface area contributed by atoms with E-state index in [9.17, 15) is 19.0 Å². The molecule has 2 atom stereocenters.